The minimum atomic E-state index is -0.473. The van der Waals surface area contributed by atoms with Crippen LogP contribution in [0.1, 0.15) is 39.0 Å². The number of hydrogen-bond acceptors (Lipinski definition) is 6. The fraction of sp³-hybridized carbons (Fsp3) is 0.500. The molecular formula is C18H21N3O5S. The molecule has 1 saturated carbocycles. The predicted octanol–water partition coefficient (Wildman–Crippen LogP) is 3.18. The van der Waals surface area contributed by atoms with E-state index in [0.717, 1.165) is 32.1 Å². The number of fused-ring (bicyclic) bond motifs is 1. The number of non-ortho nitro benzene ring substituents is 1. The van der Waals surface area contributed by atoms with Crippen molar-refractivity contribution in [3.63, 3.8) is 0 Å². The van der Waals surface area contributed by atoms with Gasteiger partial charge in [0.2, 0.25) is 0 Å². The minimum absolute atomic E-state index is 0.0443. The van der Waals surface area contributed by atoms with E-state index in [1.165, 1.54) is 23.5 Å². The highest BCUT2D eigenvalue weighted by Crippen LogP contribution is 2.26. The Kier molecular flexibility index (Phi) is 6.00. The first kappa shape index (κ1) is 19.2. The van der Waals surface area contributed by atoms with Crippen LogP contribution in [0.25, 0.3) is 10.2 Å². The summed E-state index contributed by atoms with van der Waals surface area (Å²) in [4.78, 5) is 39.8. The van der Waals surface area contributed by atoms with E-state index in [1.54, 1.807) is 17.6 Å². The number of aromatic nitrogens is 1. The number of amides is 1. The second-order valence-corrected chi connectivity index (χ2v) is 7.48. The van der Waals surface area contributed by atoms with Crippen molar-refractivity contribution in [1.29, 1.82) is 0 Å². The van der Waals surface area contributed by atoms with Crippen molar-refractivity contribution in [3.8, 4) is 0 Å². The van der Waals surface area contributed by atoms with Gasteiger partial charge < -0.3 is 9.30 Å². The maximum absolute atomic E-state index is 12.6. The van der Waals surface area contributed by atoms with Crippen molar-refractivity contribution in [2.45, 2.75) is 45.6 Å². The second-order valence-electron chi connectivity index (χ2n) is 6.47. The van der Waals surface area contributed by atoms with Gasteiger partial charge in [0.15, 0.2) is 4.80 Å². The number of ether oxygens (including phenoxy) is 1. The number of benzene rings is 1. The van der Waals surface area contributed by atoms with Gasteiger partial charge in [-0.15, -0.1) is 0 Å². The number of nitro groups is 1. The Morgan fingerprint density at radius 3 is 2.74 bits per heavy atom. The van der Waals surface area contributed by atoms with Crippen LogP contribution < -0.4 is 4.80 Å². The highest BCUT2D eigenvalue weighted by atomic mass is 32.1. The first-order valence-electron chi connectivity index (χ1n) is 9.01. The molecule has 1 amide bonds. The molecule has 9 heteroatoms. The molecule has 0 aliphatic heterocycles. The third kappa shape index (κ3) is 4.41. The van der Waals surface area contributed by atoms with Gasteiger partial charge in [0, 0.05) is 18.1 Å². The molecule has 0 saturated heterocycles. The van der Waals surface area contributed by atoms with E-state index in [0.29, 0.717) is 15.0 Å². The summed E-state index contributed by atoms with van der Waals surface area (Å²) in [6, 6.07) is 4.39. The van der Waals surface area contributed by atoms with E-state index < -0.39 is 10.9 Å². The number of hydrogen-bond donors (Lipinski definition) is 0. The lowest BCUT2D eigenvalue weighted by atomic mass is 9.89. The minimum Gasteiger partial charge on any atom is -0.465 e. The number of carbonyl (C=O) groups is 2. The molecule has 0 spiro atoms. The highest BCUT2D eigenvalue weighted by Gasteiger charge is 2.22. The molecule has 0 atom stereocenters. The van der Waals surface area contributed by atoms with Crippen LogP contribution in [-0.2, 0) is 20.9 Å². The average Bonchev–Trinajstić information content (AvgIpc) is 2.99. The van der Waals surface area contributed by atoms with Crippen LogP contribution in [0.3, 0.4) is 0 Å². The van der Waals surface area contributed by atoms with Crippen LogP contribution in [0, 0.1) is 16.0 Å². The topological polar surface area (TPSA) is 104 Å². The molecule has 8 nitrogen and oxygen atoms in total. The smallest absolute Gasteiger partial charge is 0.326 e. The molecule has 1 aliphatic rings. The average molecular weight is 391 g/mol. The molecule has 3 rings (SSSR count). The van der Waals surface area contributed by atoms with Crippen LogP contribution in [-0.4, -0.2) is 28.0 Å². The van der Waals surface area contributed by atoms with Crippen molar-refractivity contribution in [2.75, 3.05) is 6.61 Å². The van der Waals surface area contributed by atoms with Gasteiger partial charge in [0.25, 0.3) is 11.6 Å². The zero-order chi connectivity index (χ0) is 19.4. The number of carbonyl (C=O) groups excluding carboxylic acids is 2. The number of rotatable bonds is 5. The van der Waals surface area contributed by atoms with Crippen LogP contribution in [0.5, 0.6) is 0 Å². The van der Waals surface area contributed by atoms with E-state index in [4.69, 9.17) is 4.74 Å². The Bertz CT molecular complexity index is 940. The van der Waals surface area contributed by atoms with Crippen LogP contribution >= 0.6 is 11.3 Å². The van der Waals surface area contributed by atoms with Gasteiger partial charge in [0.1, 0.15) is 6.54 Å². The van der Waals surface area contributed by atoms with Crippen LogP contribution in [0.15, 0.2) is 23.2 Å². The van der Waals surface area contributed by atoms with E-state index in [1.807, 2.05) is 0 Å². The lowest BCUT2D eigenvalue weighted by Gasteiger charge is -2.17. The van der Waals surface area contributed by atoms with E-state index in [-0.39, 0.29) is 30.7 Å². The molecule has 27 heavy (non-hydrogen) atoms. The Balaban J connectivity index is 2.05. The first-order chi connectivity index (χ1) is 13.0. The molecule has 1 aromatic carbocycles. The molecule has 2 aromatic rings. The molecular weight excluding hydrogens is 370 g/mol. The molecule has 0 unspecified atom stereocenters. The number of nitrogens with zero attached hydrogens (tertiary/aromatic N) is 3. The summed E-state index contributed by atoms with van der Waals surface area (Å²) in [6.07, 6.45) is 4.84. The monoisotopic (exact) mass is 391 g/mol. The van der Waals surface area contributed by atoms with Gasteiger partial charge in [-0.05, 0) is 25.8 Å². The normalized spacial score (nSPS) is 15.8. The Morgan fingerprint density at radius 1 is 1.33 bits per heavy atom. The van der Waals surface area contributed by atoms with Gasteiger partial charge in [-0.2, -0.15) is 4.99 Å². The standard InChI is InChI=1S/C18H21N3O5S/c1-2-26-16(22)11-20-14-9-8-13(21(24)25)10-15(14)27-18(20)19-17(23)12-6-4-3-5-7-12/h8-10,12H,2-7,11H2,1H3. The fourth-order valence-corrected chi connectivity index (χ4v) is 4.35. The van der Waals surface area contributed by atoms with Gasteiger partial charge >= 0.3 is 5.97 Å². The molecule has 1 fully saturated rings. The molecule has 1 aromatic heterocycles. The highest BCUT2D eigenvalue weighted by molar-refractivity contribution is 7.16. The molecule has 1 aliphatic carbocycles. The number of nitro benzene ring substituents is 1. The third-order valence-electron chi connectivity index (χ3n) is 4.63. The summed E-state index contributed by atoms with van der Waals surface area (Å²) in [5, 5.41) is 11.0. The summed E-state index contributed by atoms with van der Waals surface area (Å²) < 4.78 is 7.21. The summed E-state index contributed by atoms with van der Waals surface area (Å²) >= 11 is 1.17. The van der Waals surface area contributed by atoms with Crippen molar-refractivity contribution in [2.24, 2.45) is 10.9 Å². The lowest BCUT2D eigenvalue weighted by Crippen LogP contribution is -2.25. The largest absolute Gasteiger partial charge is 0.465 e. The third-order valence-corrected chi connectivity index (χ3v) is 5.67. The van der Waals surface area contributed by atoms with E-state index in [2.05, 4.69) is 4.99 Å². The summed E-state index contributed by atoms with van der Waals surface area (Å²) in [7, 11) is 0. The van der Waals surface area contributed by atoms with E-state index in [9.17, 15) is 19.7 Å². The van der Waals surface area contributed by atoms with Gasteiger partial charge in [-0.3, -0.25) is 19.7 Å². The van der Waals surface area contributed by atoms with Gasteiger partial charge in [-0.25, -0.2) is 0 Å². The van der Waals surface area contributed by atoms with Crippen LogP contribution in [0.2, 0.25) is 0 Å². The molecule has 0 N–H and O–H groups in total. The number of thiazole rings is 1. The quantitative estimate of drug-likeness (QED) is 0.442. The van der Waals surface area contributed by atoms with Crippen LogP contribution in [0.4, 0.5) is 5.69 Å². The first-order valence-corrected chi connectivity index (χ1v) is 9.83. The molecule has 0 bridgehead atoms. The maximum Gasteiger partial charge on any atom is 0.326 e. The lowest BCUT2D eigenvalue weighted by molar-refractivity contribution is -0.384. The maximum atomic E-state index is 12.6. The zero-order valence-electron chi connectivity index (χ0n) is 15.1. The van der Waals surface area contributed by atoms with Crippen molar-refractivity contribution < 1.29 is 19.2 Å². The Labute approximate surface area is 159 Å². The van der Waals surface area contributed by atoms with Crippen molar-refractivity contribution in [3.05, 3.63) is 33.1 Å². The van der Waals surface area contributed by atoms with Gasteiger partial charge in [-0.1, -0.05) is 30.6 Å². The van der Waals surface area contributed by atoms with Gasteiger partial charge in [0.05, 0.1) is 21.7 Å². The molecule has 0 radical (unpaired) electrons. The Morgan fingerprint density at radius 2 is 2.07 bits per heavy atom. The Hall–Kier alpha value is -2.55. The summed E-state index contributed by atoms with van der Waals surface area (Å²) in [5.41, 5.74) is 0.575. The summed E-state index contributed by atoms with van der Waals surface area (Å²) in [5.74, 6) is -0.718. The molecule has 144 valence electrons. The fourth-order valence-electron chi connectivity index (χ4n) is 3.28. The van der Waals surface area contributed by atoms with Crippen molar-refractivity contribution in [1.82, 2.24) is 4.57 Å². The SMILES string of the molecule is CCOC(=O)Cn1c(=NC(=O)C2CCCCC2)sc2cc([N+](=O)[O-])ccc21. The molecule has 1 heterocycles. The summed E-state index contributed by atoms with van der Waals surface area (Å²) in [6.45, 7) is 1.87. The predicted molar refractivity (Wildman–Crippen MR) is 100 cm³/mol. The number of esters is 1. The van der Waals surface area contributed by atoms with E-state index >= 15 is 0 Å². The van der Waals surface area contributed by atoms with Crippen molar-refractivity contribution >= 4 is 39.1 Å². The second kappa shape index (κ2) is 8.43. The zero-order valence-corrected chi connectivity index (χ0v) is 15.9.